The zero-order chi connectivity index (χ0) is 8.27. The van der Waals surface area contributed by atoms with Crippen LogP contribution in [0.1, 0.15) is 13.8 Å². The van der Waals surface area contributed by atoms with Gasteiger partial charge in [-0.3, -0.25) is 0 Å². The first kappa shape index (κ1) is 7.92. The highest BCUT2D eigenvalue weighted by Gasteiger charge is 2.01. The molecule has 0 aliphatic rings. The molecular weight excluding hydrogens is 140 g/mol. The Bertz CT molecular complexity index is 231. The number of hydrogen-bond acceptors (Lipinski definition) is 2. The molecule has 0 aliphatic heterocycles. The summed E-state index contributed by atoms with van der Waals surface area (Å²) < 4.78 is 5.27. The Hall–Kier alpha value is -1.18. The molecule has 0 saturated carbocycles. The normalized spacial score (nSPS) is 10.1. The van der Waals surface area contributed by atoms with E-state index in [2.05, 4.69) is 6.07 Å². The highest BCUT2D eigenvalue weighted by atomic mass is 16.5. The second kappa shape index (κ2) is 3.28. The maximum Gasteiger partial charge on any atom is 0.161 e. The van der Waals surface area contributed by atoms with Crippen LogP contribution in [-0.2, 0) is 0 Å². The van der Waals surface area contributed by atoms with Crippen LogP contribution in [0.3, 0.4) is 0 Å². The van der Waals surface area contributed by atoms with Crippen molar-refractivity contribution < 1.29 is 9.84 Å². The predicted molar refractivity (Wildman–Crippen MR) is 42.7 cm³/mol. The van der Waals surface area contributed by atoms with Crippen LogP contribution in [-0.4, -0.2) is 11.2 Å². The Morgan fingerprint density at radius 3 is 2.82 bits per heavy atom. The van der Waals surface area contributed by atoms with Crippen molar-refractivity contribution in [1.29, 1.82) is 0 Å². The van der Waals surface area contributed by atoms with Gasteiger partial charge in [-0.2, -0.15) is 0 Å². The largest absolute Gasteiger partial charge is 0.504 e. The number of phenolic OH excluding ortho intramolecular Hbond substituents is 1. The molecule has 1 aromatic rings. The number of aromatic hydroxyl groups is 1. The molecule has 11 heavy (non-hydrogen) atoms. The molecule has 0 atom stereocenters. The minimum Gasteiger partial charge on any atom is -0.504 e. The van der Waals surface area contributed by atoms with Crippen molar-refractivity contribution in [2.24, 2.45) is 0 Å². The molecule has 0 amide bonds. The minimum atomic E-state index is 0.0864. The maximum atomic E-state index is 9.20. The van der Waals surface area contributed by atoms with E-state index >= 15 is 0 Å². The molecule has 0 bridgehead atoms. The number of rotatable bonds is 2. The summed E-state index contributed by atoms with van der Waals surface area (Å²) in [4.78, 5) is 0. The van der Waals surface area contributed by atoms with Gasteiger partial charge in [-0.15, -0.1) is 0 Å². The SMILES string of the molecule is CC(C)Oc1cc[c]cc1O. The monoisotopic (exact) mass is 151 g/mol. The van der Waals surface area contributed by atoms with Crippen LogP contribution < -0.4 is 4.74 Å². The third-order valence-electron chi connectivity index (χ3n) is 1.17. The van der Waals surface area contributed by atoms with Gasteiger partial charge in [-0.25, -0.2) is 0 Å². The number of phenols is 1. The first-order valence-electron chi connectivity index (χ1n) is 3.56. The quantitative estimate of drug-likeness (QED) is 0.700. The average Bonchev–Trinajstić information content (AvgIpc) is 1.93. The fourth-order valence-corrected chi connectivity index (χ4v) is 0.761. The fourth-order valence-electron chi connectivity index (χ4n) is 0.761. The van der Waals surface area contributed by atoms with E-state index in [1.807, 2.05) is 13.8 Å². The van der Waals surface area contributed by atoms with Crippen molar-refractivity contribution >= 4 is 0 Å². The molecule has 0 fully saturated rings. The molecule has 1 rings (SSSR count). The molecular formula is C9H11O2. The van der Waals surface area contributed by atoms with Gasteiger partial charge in [-0.05, 0) is 32.0 Å². The molecule has 2 nitrogen and oxygen atoms in total. The Labute approximate surface area is 66.4 Å². The van der Waals surface area contributed by atoms with E-state index in [0.717, 1.165) is 0 Å². The number of benzene rings is 1. The standard InChI is InChI=1S/C9H11O2/c1-7(2)11-9-6-4-3-5-8(9)10/h4-7,10H,1-2H3. The van der Waals surface area contributed by atoms with Crippen molar-refractivity contribution in [2.45, 2.75) is 20.0 Å². The van der Waals surface area contributed by atoms with Gasteiger partial charge >= 0.3 is 0 Å². The molecule has 59 valence electrons. The minimum absolute atomic E-state index is 0.0864. The van der Waals surface area contributed by atoms with E-state index in [1.165, 1.54) is 6.07 Å². The lowest BCUT2D eigenvalue weighted by Crippen LogP contribution is -2.05. The average molecular weight is 151 g/mol. The molecule has 0 heterocycles. The summed E-state index contributed by atoms with van der Waals surface area (Å²) in [6, 6.07) is 7.62. The second-order valence-electron chi connectivity index (χ2n) is 2.56. The number of ether oxygens (including phenoxy) is 1. The number of hydrogen-bond donors (Lipinski definition) is 1. The molecule has 2 heteroatoms. The van der Waals surface area contributed by atoms with E-state index in [4.69, 9.17) is 4.74 Å². The first-order chi connectivity index (χ1) is 5.20. The van der Waals surface area contributed by atoms with Gasteiger partial charge < -0.3 is 9.84 Å². The van der Waals surface area contributed by atoms with Crippen LogP contribution in [0, 0.1) is 6.07 Å². The van der Waals surface area contributed by atoms with Gasteiger partial charge in [0.1, 0.15) is 0 Å². The van der Waals surface area contributed by atoms with Crippen molar-refractivity contribution in [3.05, 3.63) is 24.3 Å². The molecule has 1 N–H and O–H groups in total. The van der Waals surface area contributed by atoms with Crippen LogP contribution >= 0.6 is 0 Å². The first-order valence-corrected chi connectivity index (χ1v) is 3.56. The summed E-state index contributed by atoms with van der Waals surface area (Å²) in [5.41, 5.74) is 0. The van der Waals surface area contributed by atoms with Crippen LogP contribution in [0.2, 0.25) is 0 Å². The third kappa shape index (κ3) is 2.15. The molecule has 1 radical (unpaired) electrons. The van der Waals surface area contributed by atoms with Gasteiger partial charge in [0.15, 0.2) is 11.5 Å². The summed E-state index contributed by atoms with van der Waals surface area (Å²) >= 11 is 0. The van der Waals surface area contributed by atoms with E-state index in [-0.39, 0.29) is 11.9 Å². The Morgan fingerprint density at radius 2 is 2.27 bits per heavy atom. The van der Waals surface area contributed by atoms with E-state index < -0.39 is 0 Å². The lowest BCUT2D eigenvalue weighted by atomic mass is 10.3. The highest BCUT2D eigenvalue weighted by molar-refractivity contribution is 5.37. The molecule has 0 unspecified atom stereocenters. The van der Waals surface area contributed by atoms with Gasteiger partial charge in [0, 0.05) is 0 Å². The summed E-state index contributed by atoms with van der Waals surface area (Å²) in [6.07, 6.45) is 0.0864. The molecule has 1 aromatic carbocycles. The van der Waals surface area contributed by atoms with Crippen LogP contribution in [0.4, 0.5) is 0 Å². The van der Waals surface area contributed by atoms with E-state index in [9.17, 15) is 5.11 Å². The smallest absolute Gasteiger partial charge is 0.161 e. The van der Waals surface area contributed by atoms with Gasteiger partial charge in [0.25, 0.3) is 0 Å². The Morgan fingerprint density at radius 1 is 1.55 bits per heavy atom. The molecule has 0 aromatic heterocycles. The third-order valence-corrected chi connectivity index (χ3v) is 1.17. The van der Waals surface area contributed by atoms with Crippen molar-refractivity contribution in [1.82, 2.24) is 0 Å². The lowest BCUT2D eigenvalue weighted by molar-refractivity contribution is 0.232. The topological polar surface area (TPSA) is 29.5 Å². The highest BCUT2D eigenvalue weighted by Crippen LogP contribution is 2.24. The predicted octanol–water partition coefficient (Wildman–Crippen LogP) is 1.98. The van der Waals surface area contributed by atoms with Gasteiger partial charge in [0.2, 0.25) is 0 Å². The van der Waals surface area contributed by atoms with Crippen LogP contribution in [0.25, 0.3) is 0 Å². The molecule has 0 saturated heterocycles. The fraction of sp³-hybridized carbons (Fsp3) is 0.333. The zero-order valence-electron chi connectivity index (χ0n) is 6.66. The lowest BCUT2D eigenvalue weighted by Gasteiger charge is -2.09. The van der Waals surface area contributed by atoms with Crippen LogP contribution in [0.15, 0.2) is 18.2 Å². The van der Waals surface area contributed by atoms with Gasteiger partial charge in [0.05, 0.1) is 6.10 Å². The van der Waals surface area contributed by atoms with E-state index in [0.29, 0.717) is 5.75 Å². The zero-order valence-corrected chi connectivity index (χ0v) is 6.66. The van der Waals surface area contributed by atoms with Crippen molar-refractivity contribution in [3.63, 3.8) is 0 Å². The summed E-state index contributed by atoms with van der Waals surface area (Å²) in [5.74, 6) is 0.653. The summed E-state index contributed by atoms with van der Waals surface area (Å²) in [6.45, 7) is 3.83. The Kier molecular flexibility index (Phi) is 2.36. The van der Waals surface area contributed by atoms with Gasteiger partial charge in [-0.1, -0.05) is 6.07 Å². The van der Waals surface area contributed by atoms with Crippen LogP contribution in [0.5, 0.6) is 11.5 Å². The van der Waals surface area contributed by atoms with E-state index in [1.54, 1.807) is 12.1 Å². The molecule has 0 aliphatic carbocycles. The summed E-state index contributed by atoms with van der Waals surface area (Å²) in [5, 5.41) is 9.20. The Balaban J connectivity index is 2.78. The molecule has 0 spiro atoms. The van der Waals surface area contributed by atoms with Crippen molar-refractivity contribution in [3.8, 4) is 11.5 Å². The van der Waals surface area contributed by atoms with Crippen molar-refractivity contribution in [2.75, 3.05) is 0 Å². The second-order valence-corrected chi connectivity index (χ2v) is 2.56. The summed E-state index contributed by atoms with van der Waals surface area (Å²) in [7, 11) is 0. The maximum absolute atomic E-state index is 9.20.